The van der Waals surface area contributed by atoms with Crippen LogP contribution in [-0.2, 0) is 0 Å². The van der Waals surface area contributed by atoms with Crippen molar-refractivity contribution in [3.63, 3.8) is 0 Å². The van der Waals surface area contributed by atoms with Crippen molar-refractivity contribution in [3.8, 4) is 0 Å². The molecule has 0 saturated carbocycles. The highest BCUT2D eigenvalue weighted by molar-refractivity contribution is 5.94. The summed E-state index contributed by atoms with van der Waals surface area (Å²) in [4.78, 5) is 20.9. The van der Waals surface area contributed by atoms with Crippen molar-refractivity contribution in [1.82, 2.24) is 0 Å². The molecule has 6 heteroatoms. The molecule has 0 spiro atoms. The zero-order valence-electron chi connectivity index (χ0n) is 8.64. The van der Waals surface area contributed by atoms with Crippen LogP contribution in [0.4, 0.5) is 17.6 Å². The molecule has 2 aromatic carbocycles. The molecule has 2 rings (SSSR count). The third kappa shape index (κ3) is 1.57. The lowest BCUT2D eigenvalue weighted by molar-refractivity contribution is 0.110. The number of carbonyl (C=O) groups is 2. The van der Waals surface area contributed by atoms with Gasteiger partial charge in [-0.3, -0.25) is 9.59 Å². The molecular weight excluding hydrogens is 252 g/mol. The number of benzene rings is 2. The van der Waals surface area contributed by atoms with Gasteiger partial charge in [0.15, 0.2) is 12.6 Å². The quantitative estimate of drug-likeness (QED) is 0.611. The zero-order valence-corrected chi connectivity index (χ0v) is 8.64. The summed E-state index contributed by atoms with van der Waals surface area (Å²) in [5.41, 5.74) is -1.83. The molecule has 0 aliphatic rings. The molecule has 0 atom stereocenters. The van der Waals surface area contributed by atoms with E-state index in [0.717, 1.165) is 0 Å². The molecule has 0 unspecified atom stereocenters. The Morgan fingerprint density at radius 1 is 0.722 bits per heavy atom. The van der Waals surface area contributed by atoms with Gasteiger partial charge in [0.2, 0.25) is 0 Å². The highest BCUT2D eigenvalue weighted by Gasteiger charge is 2.20. The Balaban J connectivity index is 3.02. The van der Waals surface area contributed by atoms with Gasteiger partial charge in [0.05, 0.1) is 11.1 Å². The molecule has 92 valence electrons. The number of halogens is 4. The van der Waals surface area contributed by atoms with Gasteiger partial charge in [0.1, 0.15) is 23.3 Å². The van der Waals surface area contributed by atoms with Crippen LogP contribution >= 0.6 is 0 Å². The molecule has 0 saturated heterocycles. The Morgan fingerprint density at radius 2 is 1.06 bits per heavy atom. The Hall–Kier alpha value is -2.24. The summed E-state index contributed by atoms with van der Waals surface area (Å²) < 4.78 is 53.8. The van der Waals surface area contributed by atoms with Crippen molar-refractivity contribution >= 4 is 23.3 Å². The third-order valence-electron chi connectivity index (χ3n) is 2.53. The number of aldehydes is 2. The predicted molar refractivity (Wildman–Crippen MR) is 54.6 cm³/mol. The Kier molecular flexibility index (Phi) is 2.86. The lowest BCUT2D eigenvalue weighted by Gasteiger charge is -2.07. The maximum atomic E-state index is 13.6. The van der Waals surface area contributed by atoms with Crippen molar-refractivity contribution in [2.45, 2.75) is 0 Å². The van der Waals surface area contributed by atoms with Crippen molar-refractivity contribution < 1.29 is 27.2 Å². The molecule has 0 heterocycles. The van der Waals surface area contributed by atoms with Gasteiger partial charge in [-0.15, -0.1) is 0 Å². The topological polar surface area (TPSA) is 34.1 Å². The largest absolute Gasteiger partial charge is 0.298 e. The standard InChI is InChI=1S/C12H4F4O2/c13-9-1-5-6(12(16)7(9)3-17)2-10(14)8(4-18)11(5)15/h1-4H. The van der Waals surface area contributed by atoms with Gasteiger partial charge in [-0.25, -0.2) is 17.6 Å². The Morgan fingerprint density at radius 3 is 1.33 bits per heavy atom. The summed E-state index contributed by atoms with van der Waals surface area (Å²) >= 11 is 0. The predicted octanol–water partition coefficient (Wildman–Crippen LogP) is 3.02. The first-order chi connectivity index (χ1) is 8.51. The monoisotopic (exact) mass is 256 g/mol. The molecule has 0 bridgehead atoms. The molecule has 2 aromatic rings. The van der Waals surface area contributed by atoms with E-state index in [1.807, 2.05) is 0 Å². The highest BCUT2D eigenvalue weighted by atomic mass is 19.1. The van der Waals surface area contributed by atoms with E-state index in [-0.39, 0.29) is 12.6 Å². The summed E-state index contributed by atoms with van der Waals surface area (Å²) in [7, 11) is 0. The van der Waals surface area contributed by atoms with Gasteiger partial charge in [0, 0.05) is 10.8 Å². The van der Waals surface area contributed by atoms with E-state index in [1.165, 1.54) is 0 Å². The average Bonchev–Trinajstić information content (AvgIpc) is 2.32. The SMILES string of the molecule is O=Cc1c(F)cc2c(F)c(C=O)c(F)cc2c1F. The number of carbonyl (C=O) groups excluding carboxylic acids is 2. The second-order valence-corrected chi connectivity index (χ2v) is 3.50. The normalized spacial score (nSPS) is 10.7. The fourth-order valence-electron chi connectivity index (χ4n) is 1.64. The van der Waals surface area contributed by atoms with Crippen LogP contribution in [0, 0.1) is 23.3 Å². The van der Waals surface area contributed by atoms with Crippen LogP contribution < -0.4 is 0 Å². The van der Waals surface area contributed by atoms with Gasteiger partial charge in [-0.1, -0.05) is 0 Å². The fraction of sp³-hybridized carbons (Fsp3) is 0. The first-order valence-electron chi connectivity index (χ1n) is 4.71. The minimum atomic E-state index is -1.37. The van der Waals surface area contributed by atoms with E-state index >= 15 is 0 Å². The molecule has 0 aliphatic carbocycles. The molecule has 0 N–H and O–H groups in total. The van der Waals surface area contributed by atoms with Gasteiger partial charge in [-0.05, 0) is 12.1 Å². The molecule has 0 amide bonds. The van der Waals surface area contributed by atoms with Gasteiger partial charge in [-0.2, -0.15) is 0 Å². The van der Waals surface area contributed by atoms with E-state index in [4.69, 9.17) is 0 Å². The van der Waals surface area contributed by atoms with E-state index in [2.05, 4.69) is 0 Å². The summed E-state index contributed by atoms with van der Waals surface area (Å²) in [6, 6.07) is 1.09. The highest BCUT2D eigenvalue weighted by Crippen LogP contribution is 2.28. The van der Waals surface area contributed by atoms with Crippen LogP contribution in [0.1, 0.15) is 20.7 Å². The maximum Gasteiger partial charge on any atom is 0.155 e. The minimum Gasteiger partial charge on any atom is -0.298 e. The van der Waals surface area contributed by atoms with Gasteiger partial charge in [0.25, 0.3) is 0 Å². The molecule has 18 heavy (non-hydrogen) atoms. The first-order valence-corrected chi connectivity index (χ1v) is 4.71. The molecule has 0 fully saturated rings. The molecule has 2 nitrogen and oxygen atoms in total. The van der Waals surface area contributed by atoms with E-state index in [9.17, 15) is 27.2 Å². The smallest absolute Gasteiger partial charge is 0.155 e. The number of rotatable bonds is 2. The maximum absolute atomic E-state index is 13.6. The van der Waals surface area contributed by atoms with Crippen LogP contribution in [-0.4, -0.2) is 12.6 Å². The van der Waals surface area contributed by atoms with Crippen LogP contribution in [0.15, 0.2) is 12.1 Å². The second-order valence-electron chi connectivity index (χ2n) is 3.50. The lowest BCUT2D eigenvalue weighted by Crippen LogP contribution is -2.01. The summed E-state index contributed by atoms with van der Waals surface area (Å²) in [6.45, 7) is 0. The Bertz CT molecular complexity index is 621. The zero-order chi connectivity index (χ0) is 13.4. The van der Waals surface area contributed by atoms with Crippen LogP contribution in [0.3, 0.4) is 0 Å². The van der Waals surface area contributed by atoms with E-state index < -0.39 is 45.2 Å². The number of hydrogen-bond donors (Lipinski definition) is 0. The summed E-state index contributed by atoms with van der Waals surface area (Å²) in [5.74, 6) is -5.29. The molecule has 0 aliphatic heterocycles. The fourth-order valence-corrected chi connectivity index (χ4v) is 1.64. The first kappa shape index (κ1) is 12.2. The van der Waals surface area contributed by atoms with Crippen molar-refractivity contribution in [2.75, 3.05) is 0 Å². The lowest BCUT2D eigenvalue weighted by atomic mass is 10.0. The van der Waals surface area contributed by atoms with Crippen molar-refractivity contribution in [3.05, 3.63) is 46.5 Å². The number of fused-ring (bicyclic) bond motifs is 1. The van der Waals surface area contributed by atoms with Gasteiger partial charge >= 0.3 is 0 Å². The van der Waals surface area contributed by atoms with E-state index in [1.54, 1.807) is 0 Å². The van der Waals surface area contributed by atoms with E-state index in [0.29, 0.717) is 12.1 Å². The minimum absolute atomic E-state index is 0.0897. The molecular formula is C12H4F4O2. The van der Waals surface area contributed by atoms with Crippen LogP contribution in [0.25, 0.3) is 10.8 Å². The Labute approximate surface area is 97.8 Å². The van der Waals surface area contributed by atoms with Crippen LogP contribution in [0.5, 0.6) is 0 Å². The summed E-state index contributed by atoms with van der Waals surface area (Å²) in [6.07, 6.45) is -0.179. The average molecular weight is 256 g/mol. The van der Waals surface area contributed by atoms with Crippen LogP contribution in [0.2, 0.25) is 0 Å². The molecule has 0 radical (unpaired) electrons. The van der Waals surface area contributed by atoms with Crippen molar-refractivity contribution in [2.24, 2.45) is 0 Å². The number of hydrogen-bond acceptors (Lipinski definition) is 2. The van der Waals surface area contributed by atoms with Crippen molar-refractivity contribution in [1.29, 1.82) is 0 Å². The third-order valence-corrected chi connectivity index (χ3v) is 2.53. The molecule has 0 aromatic heterocycles. The van der Waals surface area contributed by atoms with Gasteiger partial charge < -0.3 is 0 Å². The second kappa shape index (κ2) is 4.21. The summed E-state index contributed by atoms with van der Waals surface area (Å²) in [5, 5.41) is -1.20.